The maximum Gasteiger partial charge on any atom is 0.273 e. The molecule has 0 bridgehead atoms. The van der Waals surface area contributed by atoms with Crippen molar-refractivity contribution in [1.29, 1.82) is 0 Å². The van der Waals surface area contributed by atoms with Crippen molar-refractivity contribution in [3.05, 3.63) is 29.6 Å². The van der Waals surface area contributed by atoms with E-state index in [1.54, 1.807) is 24.0 Å². The number of hydrogen-bond acceptors (Lipinski definition) is 4. The highest BCUT2D eigenvalue weighted by atomic mass is 16.3. The van der Waals surface area contributed by atoms with Crippen LogP contribution < -0.4 is 0 Å². The van der Waals surface area contributed by atoms with E-state index in [-0.39, 0.29) is 24.1 Å². The zero-order valence-electron chi connectivity index (χ0n) is 13.3. The van der Waals surface area contributed by atoms with Gasteiger partial charge in [0.15, 0.2) is 0 Å². The highest BCUT2D eigenvalue weighted by Gasteiger charge is 2.35. The van der Waals surface area contributed by atoms with E-state index in [2.05, 4.69) is 18.8 Å². The molecule has 0 aromatic carbocycles. The molecule has 22 heavy (non-hydrogen) atoms. The zero-order chi connectivity index (χ0) is 16.3. The van der Waals surface area contributed by atoms with Crippen LogP contribution >= 0.6 is 0 Å². The minimum Gasteiger partial charge on any atom is -0.392 e. The first-order valence-electron chi connectivity index (χ1n) is 7.59. The van der Waals surface area contributed by atoms with Gasteiger partial charge in [-0.3, -0.25) is 14.6 Å². The monoisotopic (exact) mass is 305 g/mol. The van der Waals surface area contributed by atoms with Gasteiger partial charge >= 0.3 is 0 Å². The fourth-order valence-corrected chi connectivity index (χ4v) is 2.67. The van der Waals surface area contributed by atoms with Crippen molar-refractivity contribution in [2.75, 3.05) is 19.6 Å². The van der Waals surface area contributed by atoms with Gasteiger partial charge in [0.1, 0.15) is 11.7 Å². The number of hydrogen-bond donors (Lipinski definition) is 1. The quantitative estimate of drug-likeness (QED) is 0.897. The number of aromatic nitrogens is 1. The summed E-state index contributed by atoms with van der Waals surface area (Å²) in [7, 11) is 0. The van der Waals surface area contributed by atoms with Gasteiger partial charge in [-0.1, -0.05) is 13.8 Å². The second-order valence-corrected chi connectivity index (χ2v) is 6.06. The van der Waals surface area contributed by atoms with E-state index in [0.717, 1.165) is 0 Å². The van der Waals surface area contributed by atoms with E-state index in [9.17, 15) is 9.59 Å². The second kappa shape index (κ2) is 6.87. The Labute approximate surface area is 130 Å². The maximum atomic E-state index is 12.6. The summed E-state index contributed by atoms with van der Waals surface area (Å²) in [6.07, 6.45) is 1.50. The fraction of sp³-hybridized carbons (Fsp3) is 0.562. The third-order valence-electron chi connectivity index (χ3n) is 3.82. The minimum absolute atomic E-state index is 0.0217. The van der Waals surface area contributed by atoms with E-state index < -0.39 is 6.04 Å². The van der Waals surface area contributed by atoms with Crippen molar-refractivity contribution in [1.82, 2.24) is 14.8 Å². The lowest BCUT2D eigenvalue weighted by Gasteiger charge is -2.39. The molecule has 1 N–H and O–H groups in total. The largest absolute Gasteiger partial charge is 0.392 e. The van der Waals surface area contributed by atoms with Crippen molar-refractivity contribution in [3.63, 3.8) is 0 Å². The molecule has 1 aliphatic rings. The molecule has 6 nitrogen and oxygen atoms in total. The molecule has 0 radical (unpaired) electrons. The van der Waals surface area contributed by atoms with Gasteiger partial charge in [0.05, 0.1) is 6.61 Å². The molecule has 0 spiro atoms. The van der Waals surface area contributed by atoms with Crippen LogP contribution in [-0.2, 0) is 11.4 Å². The summed E-state index contributed by atoms with van der Waals surface area (Å²) in [6.45, 7) is 7.52. The van der Waals surface area contributed by atoms with E-state index in [4.69, 9.17) is 5.11 Å². The molecule has 1 fully saturated rings. The van der Waals surface area contributed by atoms with Gasteiger partial charge in [0.2, 0.25) is 5.91 Å². The molecule has 2 rings (SSSR count). The number of rotatable bonds is 4. The lowest BCUT2D eigenvalue weighted by Crippen LogP contribution is -2.58. The lowest BCUT2D eigenvalue weighted by atomic mass is 10.1. The summed E-state index contributed by atoms with van der Waals surface area (Å²) in [4.78, 5) is 32.4. The van der Waals surface area contributed by atoms with Crippen LogP contribution in [0.2, 0.25) is 0 Å². The zero-order valence-corrected chi connectivity index (χ0v) is 13.3. The predicted octanol–water partition coefficient (Wildman–Crippen LogP) is 0.903. The third kappa shape index (κ3) is 3.44. The average Bonchev–Trinajstić information content (AvgIpc) is 2.51. The Morgan fingerprint density at radius 3 is 2.82 bits per heavy atom. The topological polar surface area (TPSA) is 73.7 Å². The molecule has 2 heterocycles. The number of piperazine rings is 1. The minimum atomic E-state index is -0.486. The van der Waals surface area contributed by atoms with Crippen LogP contribution in [0, 0.1) is 5.92 Å². The summed E-state index contributed by atoms with van der Waals surface area (Å²) < 4.78 is 0. The first kappa shape index (κ1) is 16.4. The van der Waals surface area contributed by atoms with Gasteiger partial charge in [0.25, 0.3) is 5.91 Å². The maximum absolute atomic E-state index is 12.6. The fourth-order valence-electron chi connectivity index (χ4n) is 2.67. The molecule has 1 aliphatic heterocycles. The van der Waals surface area contributed by atoms with Crippen LogP contribution in [0.25, 0.3) is 0 Å². The number of nitrogens with zero attached hydrogens (tertiary/aromatic N) is 3. The molecular weight excluding hydrogens is 282 g/mol. The molecule has 0 saturated carbocycles. The first-order valence-corrected chi connectivity index (χ1v) is 7.59. The molecule has 120 valence electrons. The number of carbonyl (C=O) groups excluding carboxylic acids is 2. The molecular formula is C16H23N3O3. The van der Waals surface area contributed by atoms with Crippen molar-refractivity contribution >= 4 is 11.8 Å². The van der Waals surface area contributed by atoms with Gasteiger partial charge in [-0.2, -0.15) is 0 Å². The predicted molar refractivity (Wildman–Crippen MR) is 82.1 cm³/mol. The molecule has 1 atom stereocenters. The smallest absolute Gasteiger partial charge is 0.273 e. The summed E-state index contributed by atoms with van der Waals surface area (Å²) in [5, 5.41) is 9.15. The summed E-state index contributed by atoms with van der Waals surface area (Å²) in [5.41, 5.74) is 0.902. The lowest BCUT2D eigenvalue weighted by molar-refractivity contribution is -0.140. The van der Waals surface area contributed by atoms with E-state index >= 15 is 0 Å². The van der Waals surface area contributed by atoms with E-state index in [0.29, 0.717) is 31.1 Å². The van der Waals surface area contributed by atoms with Crippen molar-refractivity contribution < 1.29 is 14.7 Å². The van der Waals surface area contributed by atoms with Crippen molar-refractivity contribution in [2.45, 2.75) is 33.4 Å². The van der Waals surface area contributed by atoms with Crippen molar-refractivity contribution in [3.8, 4) is 0 Å². The Morgan fingerprint density at radius 2 is 2.18 bits per heavy atom. The molecule has 0 aliphatic carbocycles. The summed E-state index contributed by atoms with van der Waals surface area (Å²) in [6, 6.07) is 2.74. The summed E-state index contributed by atoms with van der Waals surface area (Å²) in [5.74, 6) is 0.119. The Kier molecular flexibility index (Phi) is 5.13. The molecule has 6 heteroatoms. The Morgan fingerprint density at radius 1 is 1.45 bits per heavy atom. The first-order chi connectivity index (χ1) is 10.4. The van der Waals surface area contributed by atoms with Crippen LogP contribution in [0.1, 0.15) is 36.8 Å². The van der Waals surface area contributed by atoms with Gasteiger partial charge < -0.3 is 14.9 Å². The Hall–Kier alpha value is -1.95. The average molecular weight is 305 g/mol. The molecule has 1 aromatic heterocycles. The van der Waals surface area contributed by atoms with Crippen LogP contribution in [0.3, 0.4) is 0 Å². The second-order valence-electron chi connectivity index (χ2n) is 6.06. The Balaban J connectivity index is 2.13. The van der Waals surface area contributed by atoms with Gasteiger partial charge in [0, 0.05) is 25.8 Å². The SMILES string of the molecule is CC(C)CN1CCN(C(=O)c2cc(CO)ccn2)[C@@H](C)C1=O. The molecule has 1 aromatic rings. The number of pyridine rings is 1. The summed E-state index contributed by atoms with van der Waals surface area (Å²) >= 11 is 0. The van der Waals surface area contributed by atoms with E-state index in [1.807, 2.05) is 4.90 Å². The van der Waals surface area contributed by atoms with Crippen LogP contribution in [0.5, 0.6) is 0 Å². The number of carbonyl (C=O) groups is 2. The van der Waals surface area contributed by atoms with Crippen LogP contribution in [0.15, 0.2) is 18.3 Å². The Bertz CT molecular complexity index is 559. The molecule has 2 amide bonds. The van der Waals surface area contributed by atoms with Gasteiger partial charge in [-0.05, 0) is 30.5 Å². The van der Waals surface area contributed by atoms with Crippen LogP contribution in [0.4, 0.5) is 0 Å². The van der Waals surface area contributed by atoms with Crippen LogP contribution in [-0.4, -0.2) is 57.4 Å². The third-order valence-corrected chi connectivity index (χ3v) is 3.82. The van der Waals surface area contributed by atoms with E-state index in [1.165, 1.54) is 6.20 Å². The number of amides is 2. The highest BCUT2D eigenvalue weighted by molar-refractivity contribution is 5.96. The normalized spacial score (nSPS) is 19.0. The number of aliphatic hydroxyl groups is 1. The molecule has 1 saturated heterocycles. The standard InChI is InChI=1S/C16H23N3O3/c1-11(2)9-18-6-7-19(12(3)15(18)21)16(22)14-8-13(10-20)4-5-17-14/h4-5,8,11-12,20H,6-7,9-10H2,1-3H3/t12-/m0/s1. The van der Waals surface area contributed by atoms with Gasteiger partial charge in [-0.15, -0.1) is 0 Å². The number of aliphatic hydroxyl groups excluding tert-OH is 1. The van der Waals surface area contributed by atoms with Gasteiger partial charge in [-0.25, -0.2) is 0 Å². The highest BCUT2D eigenvalue weighted by Crippen LogP contribution is 2.16. The van der Waals surface area contributed by atoms with Crippen molar-refractivity contribution in [2.24, 2.45) is 5.92 Å². The molecule has 0 unspecified atom stereocenters.